The molecule has 158 valence electrons. The quantitative estimate of drug-likeness (QED) is 0.675. The van der Waals surface area contributed by atoms with Crippen LogP contribution in [0.4, 0.5) is 0 Å². The fraction of sp³-hybridized carbons (Fsp3) is 0.417. The Morgan fingerprint density at radius 3 is 2.77 bits per heavy atom. The van der Waals surface area contributed by atoms with Crippen molar-refractivity contribution in [2.24, 2.45) is 0 Å². The highest BCUT2D eigenvalue weighted by molar-refractivity contribution is 6.06. The average molecular weight is 408 g/mol. The maximum absolute atomic E-state index is 13.1. The largest absolute Gasteiger partial charge is 0.496 e. The predicted octanol–water partition coefficient (Wildman–Crippen LogP) is 3.74. The monoisotopic (exact) mass is 407 g/mol. The molecule has 30 heavy (non-hydrogen) atoms. The molecule has 0 spiro atoms. The Hall–Kier alpha value is -2.86. The van der Waals surface area contributed by atoms with Crippen molar-refractivity contribution >= 4 is 16.9 Å². The first kappa shape index (κ1) is 20.4. The second kappa shape index (κ2) is 8.48. The first-order valence-electron chi connectivity index (χ1n) is 10.5. The zero-order chi connectivity index (χ0) is 21.3. The number of rotatable bonds is 5. The van der Waals surface area contributed by atoms with Gasteiger partial charge in [0, 0.05) is 18.9 Å². The molecular weight excluding hydrogens is 378 g/mol. The molecule has 0 saturated heterocycles. The first-order valence-corrected chi connectivity index (χ1v) is 10.5. The molecule has 4 rings (SSSR count). The van der Waals surface area contributed by atoms with E-state index >= 15 is 0 Å². The summed E-state index contributed by atoms with van der Waals surface area (Å²) < 4.78 is 7.45. The minimum absolute atomic E-state index is 0.172. The predicted molar refractivity (Wildman–Crippen MR) is 117 cm³/mol. The van der Waals surface area contributed by atoms with Gasteiger partial charge in [-0.05, 0) is 55.5 Å². The van der Waals surface area contributed by atoms with E-state index in [1.807, 2.05) is 38.2 Å². The lowest BCUT2D eigenvalue weighted by atomic mass is 9.92. The van der Waals surface area contributed by atoms with E-state index in [0.29, 0.717) is 17.6 Å². The Morgan fingerprint density at radius 1 is 1.23 bits per heavy atom. The molecule has 6 nitrogen and oxygen atoms in total. The van der Waals surface area contributed by atoms with Crippen LogP contribution in [0, 0.1) is 13.8 Å². The van der Waals surface area contributed by atoms with Crippen LogP contribution >= 0.6 is 0 Å². The van der Waals surface area contributed by atoms with Crippen LogP contribution in [-0.2, 0) is 6.54 Å². The van der Waals surface area contributed by atoms with Crippen LogP contribution in [0.5, 0.6) is 5.75 Å². The number of carbonyl (C=O) groups excluding carboxylic acids is 1. The highest BCUT2D eigenvalue weighted by Crippen LogP contribution is 2.26. The van der Waals surface area contributed by atoms with Gasteiger partial charge in [-0.1, -0.05) is 25.0 Å². The minimum atomic E-state index is -0.479. The number of methoxy groups -OCH3 is 1. The van der Waals surface area contributed by atoms with Gasteiger partial charge >= 0.3 is 0 Å². The van der Waals surface area contributed by atoms with Gasteiger partial charge in [0.15, 0.2) is 0 Å². The number of ether oxygens (including phenoxy) is 1. The Labute approximate surface area is 176 Å². The Balaban J connectivity index is 1.67. The van der Waals surface area contributed by atoms with E-state index in [9.17, 15) is 9.90 Å². The van der Waals surface area contributed by atoms with Crippen LogP contribution in [0.2, 0.25) is 0 Å². The molecule has 1 amide bonds. The maximum Gasteiger partial charge on any atom is 0.255 e. The summed E-state index contributed by atoms with van der Waals surface area (Å²) in [6, 6.07) is 7.89. The molecule has 2 heterocycles. The average Bonchev–Trinajstić information content (AvgIpc) is 3.10. The van der Waals surface area contributed by atoms with Gasteiger partial charge in [-0.2, -0.15) is 0 Å². The lowest BCUT2D eigenvalue weighted by Crippen LogP contribution is -2.45. The molecule has 0 aliphatic heterocycles. The number of aromatic nitrogens is 2. The molecule has 0 bridgehead atoms. The summed E-state index contributed by atoms with van der Waals surface area (Å²) in [5, 5.41) is 13.3. The molecule has 2 N–H and O–H groups in total. The molecule has 1 aliphatic carbocycles. The van der Waals surface area contributed by atoms with Crippen LogP contribution in [0.15, 0.2) is 36.7 Å². The number of fused-ring (bicyclic) bond motifs is 1. The molecule has 1 aromatic carbocycles. The SMILES string of the molecule is COc1ccc(Cn2cc(C(=O)N[C@H]3CCCCC3O)c3nccc(C)c32)cc1C. The molecule has 1 aliphatic rings. The number of nitrogens with one attached hydrogen (secondary N) is 1. The van der Waals surface area contributed by atoms with Crippen LogP contribution < -0.4 is 10.1 Å². The summed E-state index contributed by atoms with van der Waals surface area (Å²) in [5.74, 6) is 0.689. The third kappa shape index (κ3) is 3.92. The van der Waals surface area contributed by atoms with E-state index in [1.165, 1.54) is 0 Å². The van der Waals surface area contributed by atoms with E-state index < -0.39 is 6.10 Å². The zero-order valence-corrected chi connectivity index (χ0v) is 17.8. The van der Waals surface area contributed by atoms with Crippen molar-refractivity contribution in [3.63, 3.8) is 0 Å². The van der Waals surface area contributed by atoms with Crippen molar-refractivity contribution in [3.8, 4) is 5.75 Å². The van der Waals surface area contributed by atoms with Gasteiger partial charge < -0.3 is 19.7 Å². The summed E-state index contributed by atoms with van der Waals surface area (Å²) in [7, 11) is 1.67. The minimum Gasteiger partial charge on any atom is -0.496 e. The molecule has 3 aromatic rings. The van der Waals surface area contributed by atoms with Gasteiger partial charge in [-0.3, -0.25) is 9.78 Å². The third-order valence-electron chi connectivity index (χ3n) is 6.06. The number of nitrogens with zero attached hydrogens (tertiary/aromatic N) is 2. The molecule has 2 atom stereocenters. The van der Waals surface area contributed by atoms with Gasteiger partial charge in [-0.25, -0.2) is 0 Å². The summed E-state index contributed by atoms with van der Waals surface area (Å²) in [5.41, 5.74) is 5.48. The number of aliphatic hydroxyl groups is 1. The van der Waals surface area contributed by atoms with Crippen molar-refractivity contribution in [1.29, 1.82) is 0 Å². The third-order valence-corrected chi connectivity index (χ3v) is 6.06. The maximum atomic E-state index is 13.1. The molecule has 1 fully saturated rings. The lowest BCUT2D eigenvalue weighted by molar-refractivity contribution is 0.0718. The fourth-order valence-electron chi connectivity index (χ4n) is 4.44. The molecule has 2 aromatic heterocycles. The summed E-state index contributed by atoms with van der Waals surface area (Å²) in [4.78, 5) is 17.6. The second-order valence-corrected chi connectivity index (χ2v) is 8.23. The number of pyridine rings is 1. The number of aliphatic hydroxyl groups excluding tert-OH is 1. The number of carbonyl (C=O) groups is 1. The molecule has 0 radical (unpaired) electrons. The van der Waals surface area contributed by atoms with Gasteiger partial charge in [0.25, 0.3) is 5.91 Å². The van der Waals surface area contributed by atoms with Gasteiger partial charge in [0.2, 0.25) is 0 Å². The number of hydrogen-bond acceptors (Lipinski definition) is 4. The number of benzene rings is 1. The van der Waals surface area contributed by atoms with Gasteiger partial charge in [-0.15, -0.1) is 0 Å². The van der Waals surface area contributed by atoms with Crippen LogP contribution in [-0.4, -0.2) is 39.8 Å². The molecule has 6 heteroatoms. The molecule has 1 saturated carbocycles. The van der Waals surface area contributed by atoms with Crippen LogP contribution in [0.1, 0.15) is 52.7 Å². The van der Waals surface area contributed by atoms with Crippen LogP contribution in [0.3, 0.4) is 0 Å². The normalized spacial score (nSPS) is 19.1. The highest BCUT2D eigenvalue weighted by Gasteiger charge is 2.26. The van der Waals surface area contributed by atoms with Crippen molar-refractivity contribution in [2.75, 3.05) is 7.11 Å². The topological polar surface area (TPSA) is 76.4 Å². The second-order valence-electron chi connectivity index (χ2n) is 8.23. The Kier molecular flexibility index (Phi) is 5.77. The summed E-state index contributed by atoms with van der Waals surface area (Å²) >= 11 is 0. The van der Waals surface area contributed by atoms with Gasteiger partial charge in [0.1, 0.15) is 11.3 Å². The summed E-state index contributed by atoms with van der Waals surface area (Å²) in [6.45, 7) is 4.69. The number of hydrogen-bond donors (Lipinski definition) is 2. The van der Waals surface area contributed by atoms with Crippen molar-refractivity contribution < 1.29 is 14.6 Å². The van der Waals surface area contributed by atoms with E-state index in [2.05, 4.69) is 20.9 Å². The molecule has 1 unspecified atom stereocenters. The standard InChI is InChI=1S/C24H29N3O3/c1-15-10-11-25-22-18(24(29)26-19-6-4-5-7-20(19)28)14-27(23(15)22)13-17-8-9-21(30-3)16(2)12-17/h8-12,14,19-20,28H,4-7,13H2,1-3H3,(H,26,29)/t19-,20?/m0/s1. The lowest BCUT2D eigenvalue weighted by Gasteiger charge is -2.28. The number of amides is 1. The van der Waals surface area contributed by atoms with E-state index in [-0.39, 0.29) is 11.9 Å². The van der Waals surface area contributed by atoms with E-state index in [1.54, 1.807) is 13.3 Å². The van der Waals surface area contributed by atoms with Crippen molar-refractivity contribution in [2.45, 2.75) is 58.2 Å². The van der Waals surface area contributed by atoms with Crippen molar-refractivity contribution in [3.05, 3.63) is 58.9 Å². The van der Waals surface area contributed by atoms with Crippen LogP contribution in [0.25, 0.3) is 11.0 Å². The van der Waals surface area contributed by atoms with E-state index in [4.69, 9.17) is 4.74 Å². The Bertz CT molecular complexity index is 1070. The smallest absolute Gasteiger partial charge is 0.255 e. The summed E-state index contributed by atoms with van der Waals surface area (Å²) in [6.07, 6.45) is 6.73. The van der Waals surface area contributed by atoms with Crippen molar-refractivity contribution in [1.82, 2.24) is 14.9 Å². The molecular formula is C24H29N3O3. The van der Waals surface area contributed by atoms with E-state index in [0.717, 1.165) is 53.6 Å². The highest BCUT2D eigenvalue weighted by atomic mass is 16.5. The zero-order valence-electron chi connectivity index (χ0n) is 17.8. The fourth-order valence-corrected chi connectivity index (χ4v) is 4.44. The Morgan fingerprint density at radius 2 is 2.03 bits per heavy atom. The van der Waals surface area contributed by atoms with Gasteiger partial charge in [0.05, 0.1) is 30.3 Å². The first-order chi connectivity index (χ1) is 14.5. The number of aryl methyl sites for hydroxylation is 2.